The highest BCUT2D eigenvalue weighted by atomic mass is 16.3. The van der Waals surface area contributed by atoms with Crippen molar-refractivity contribution in [1.29, 1.82) is 0 Å². The van der Waals surface area contributed by atoms with E-state index in [9.17, 15) is 0 Å². The highest BCUT2D eigenvalue weighted by molar-refractivity contribution is 6.90. The Bertz CT molecular complexity index is 3440. The average Bonchev–Trinajstić information content (AvgIpc) is 3.85. The lowest BCUT2D eigenvalue weighted by atomic mass is 9.45. The monoisotopic (exact) mass is 750 g/mol. The van der Waals surface area contributed by atoms with Crippen LogP contribution in [-0.4, -0.2) is 15.9 Å². The zero-order valence-electron chi connectivity index (χ0n) is 34.9. The van der Waals surface area contributed by atoms with Crippen LogP contribution in [0, 0.1) is 0 Å². The van der Waals surface area contributed by atoms with Crippen molar-refractivity contribution in [3.63, 3.8) is 0 Å². The Kier molecular flexibility index (Phi) is 6.42. The molecular weight excluding hydrogens is 703 g/mol. The molecule has 2 aliphatic heterocycles. The molecule has 7 aromatic carbocycles. The predicted molar refractivity (Wildman–Crippen MR) is 248 cm³/mol. The van der Waals surface area contributed by atoms with E-state index in [0.29, 0.717) is 0 Å². The van der Waals surface area contributed by atoms with Gasteiger partial charge in [0.2, 0.25) is 0 Å². The molecule has 0 saturated carbocycles. The van der Waals surface area contributed by atoms with Crippen LogP contribution in [0.2, 0.25) is 0 Å². The van der Waals surface area contributed by atoms with Gasteiger partial charge in [0.05, 0.1) is 16.6 Å². The lowest BCUT2D eigenvalue weighted by Gasteiger charge is -2.35. The van der Waals surface area contributed by atoms with Crippen molar-refractivity contribution in [2.75, 3.05) is 0 Å². The standard InChI is InChI=1S/C54H47BN2O/c1-52(2,3)32-19-17-30(18-20-32)31-25-41-37-15-12-14-36-38-22-23-39-35-13-10-11-16-46(35)58-51(39)50(38)57(48(36)37)55-43-29-34(54(7,8)9)28-42-40-27-33(53(4,5)6)21-24-44(40)56(49(42)43)45(26-31)47(41)55/h10-29H,1-9H3. The second-order valence-corrected chi connectivity index (χ2v) is 20.2. The predicted octanol–water partition coefficient (Wildman–Crippen LogP) is 13.3. The molecule has 0 bridgehead atoms. The highest BCUT2D eigenvalue weighted by Gasteiger charge is 2.43. The van der Waals surface area contributed by atoms with Crippen molar-refractivity contribution >= 4 is 83.3 Å². The molecule has 0 N–H and O–H groups in total. The summed E-state index contributed by atoms with van der Waals surface area (Å²) in [7, 11) is 0. The van der Waals surface area contributed by atoms with Crippen LogP contribution in [0.1, 0.15) is 79.0 Å². The Labute approximate surface area is 340 Å². The first kappa shape index (κ1) is 34.1. The molecule has 5 heterocycles. The summed E-state index contributed by atoms with van der Waals surface area (Å²) >= 11 is 0. The van der Waals surface area contributed by atoms with Gasteiger partial charge in [0.1, 0.15) is 5.58 Å². The van der Waals surface area contributed by atoms with Gasteiger partial charge in [-0.25, -0.2) is 0 Å². The van der Waals surface area contributed by atoms with Gasteiger partial charge in [-0.15, -0.1) is 0 Å². The van der Waals surface area contributed by atoms with Gasteiger partial charge in [-0.05, 0) is 103 Å². The van der Waals surface area contributed by atoms with Gasteiger partial charge >= 0.3 is 6.85 Å². The molecule has 282 valence electrons. The van der Waals surface area contributed by atoms with Crippen LogP contribution in [0.25, 0.3) is 93.5 Å². The van der Waals surface area contributed by atoms with Crippen LogP contribution in [0.5, 0.6) is 0 Å². The number of fused-ring (bicyclic) bond motifs is 14. The van der Waals surface area contributed by atoms with Gasteiger partial charge in [0, 0.05) is 49.1 Å². The van der Waals surface area contributed by atoms with E-state index < -0.39 is 0 Å². The number of nitrogens with zero attached hydrogens (tertiary/aromatic N) is 2. The lowest BCUT2D eigenvalue weighted by molar-refractivity contribution is 0.590. The molecule has 3 nitrogen and oxygen atoms in total. The first-order valence-corrected chi connectivity index (χ1v) is 21.0. The molecule has 3 aromatic heterocycles. The minimum atomic E-state index is -0.0697. The molecule has 12 rings (SSSR count). The summed E-state index contributed by atoms with van der Waals surface area (Å²) < 4.78 is 12.2. The second-order valence-electron chi connectivity index (χ2n) is 20.2. The maximum Gasteiger partial charge on any atom is 0.333 e. The maximum atomic E-state index is 6.93. The summed E-state index contributed by atoms with van der Waals surface area (Å²) in [5.41, 5.74) is 20.1. The lowest BCUT2D eigenvalue weighted by Crippen LogP contribution is -2.55. The topological polar surface area (TPSA) is 23.0 Å². The summed E-state index contributed by atoms with van der Waals surface area (Å²) in [4.78, 5) is 0. The number of hydrogen-bond donors (Lipinski definition) is 0. The third kappa shape index (κ3) is 4.41. The fraction of sp³-hybridized carbons (Fsp3) is 0.222. The zero-order chi connectivity index (χ0) is 39.8. The summed E-state index contributed by atoms with van der Waals surface area (Å²) in [5.74, 6) is 0. The average molecular weight is 751 g/mol. The molecule has 0 amide bonds. The quantitative estimate of drug-likeness (QED) is 0.153. The maximum absolute atomic E-state index is 6.93. The Hall–Kier alpha value is -6.00. The van der Waals surface area contributed by atoms with Crippen LogP contribution >= 0.6 is 0 Å². The van der Waals surface area contributed by atoms with Gasteiger partial charge in [-0.2, -0.15) is 0 Å². The number of rotatable bonds is 1. The Balaban J connectivity index is 1.29. The number of para-hydroxylation sites is 2. The van der Waals surface area contributed by atoms with Crippen molar-refractivity contribution in [1.82, 2.24) is 9.05 Å². The zero-order valence-corrected chi connectivity index (χ0v) is 34.9. The molecule has 0 radical (unpaired) electrons. The number of hydrogen-bond acceptors (Lipinski definition) is 1. The van der Waals surface area contributed by atoms with Crippen LogP contribution in [0.4, 0.5) is 0 Å². The van der Waals surface area contributed by atoms with E-state index >= 15 is 0 Å². The Morgan fingerprint density at radius 3 is 1.90 bits per heavy atom. The molecule has 0 atom stereocenters. The van der Waals surface area contributed by atoms with Crippen LogP contribution in [0.3, 0.4) is 0 Å². The third-order valence-electron chi connectivity index (χ3n) is 13.6. The smallest absolute Gasteiger partial charge is 0.333 e. The fourth-order valence-electron chi connectivity index (χ4n) is 10.5. The minimum Gasteiger partial charge on any atom is -0.454 e. The van der Waals surface area contributed by atoms with Crippen LogP contribution < -0.4 is 10.9 Å². The fourth-order valence-corrected chi connectivity index (χ4v) is 10.5. The van der Waals surface area contributed by atoms with Gasteiger partial charge in [-0.3, -0.25) is 0 Å². The van der Waals surface area contributed by atoms with Crippen LogP contribution in [0.15, 0.2) is 126 Å². The van der Waals surface area contributed by atoms with Crippen molar-refractivity contribution in [3.05, 3.63) is 138 Å². The van der Waals surface area contributed by atoms with Crippen molar-refractivity contribution in [3.8, 4) is 27.9 Å². The molecule has 0 fully saturated rings. The van der Waals surface area contributed by atoms with Gasteiger partial charge < -0.3 is 13.5 Å². The molecule has 0 unspecified atom stereocenters. The molecule has 58 heavy (non-hydrogen) atoms. The van der Waals surface area contributed by atoms with E-state index in [0.717, 1.165) is 21.9 Å². The largest absolute Gasteiger partial charge is 0.454 e. The van der Waals surface area contributed by atoms with E-state index in [1.807, 2.05) is 0 Å². The van der Waals surface area contributed by atoms with Gasteiger partial charge in [0.25, 0.3) is 0 Å². The Morgan fingerprint density at radius 1 is 0.466 bits per heavy atom. The molecule has 2 aliphatic rings. The molecule has 4 heteroatoms. The SMILES string of the molecule is CC(C)(C)c1ccc(-c2cc3c4c(c2)-n2c5ccc(C(C)(C)C)cc5c5cc(C(C)(C)C)cc(c52)B4n2c4c-3cccc4c3ccc4c5ccccc5oc4c32)cc1. The summed E-state index contributed by atoms with van der Waals surface area (Å²) in [6, 6.07) is 46.6. The van der Waals surface area contributed by atoms with Crippen molar-refractivity contribution in [2.24, 2.45) is 0 Å². The first-order chi connectivity index (χ1) is 27.7. The number of benzene rings is 7. The van der Waals surface area contributed by atoms with Crippen molar-refractivity contribution < 1.29 is 4.42 Å². The van der Waals surface area contributed by atoms with Gasteiger partial charge in [-0.1, -0.05) is 141 Å². The molecule has 0 saturated heterocycles. The molecule has 0 spiro atoms. The number of aromatic nitrogens is 2. The normalized spacial score (nSPS) is 13.9. The minimum absolute atomic E-state index is 0.0193. The van der Waals surface area contributed by atoms with E-state index in [4.69, 9.17) is 4.42 Å². The molecular formula is C54H47BN2O. The highest BCUT2D eigenvalue weighted by Crippen LogP contribution is 2.47. The van der Waals surface area contributed by atoms with E-state index in [1.165, 1.54) is 99.2 Å². The molecule has 0 aliphatic carbocycles. The summed E-state index contributed by atoms with van der Waals surface area (Å²) in [5, 5.41) is 7.48. The Morgan fingerprint density at radius 2 is 1.14 bits per heavy atom. The summed E-state index contributed by atoms with van der Waals surface area (Å²) in [6.45, 7) is 20.9. The van der Waals surface area contributed by atoms with E-state index in [1.54, 1.807) is 0 Å². The van der Waals surface area contributed by atoms with E-state index in [2.05, 4.69) is 193 Å². The molecule has 10 aromatic rings. The summed E-state index contributed by atoms with van der Waals surface area (Å²) in [6.07, 6.45) is 0. The van der Waals surface area contributed by atoms with Crippen LogP contribution in [-0.2, 0) is 16.2 Å². The number of furan rings is 1. The second kappa shape index (κ2) is 10.9. The van der Waals surface area contributed by atoms with Gasteiger partial charge in [0.15, 0.2) is 5.58 Å². The third-order valence-corrected chi connectivity index (χ3v) is 13.6. The van der Waals surface area contributed by atoms with Crippen molar-refractivity contribution in [2.45, 2.75) is 78.6 Å². The first-order valence-electron chi connectivity index (χ1n) is 21.0. The van der Waals surface area contributed by atoms with E-state index in [-0.39, 0.29) is 23.1 Å².